The molecule has 1 aromatic heterocycles. The number of halogens is 2. The summed E-state index contributed by atoms with van der Waals surface area (Å²) in [6, 6.07) is 6.97. The second kappa shape index (κ2) is 8.03. The minimum Gasteiger partial charge on any atom is -0.485 e. The molecule has 0 spiro atoms. The first-order valence-electron chi connectivity index (χ1n) is 10.9. The van der Waals surface area contributed by atoms with Gasteiger partial charge in [-0.15, -0.1) is 0 Å². The molecule has 5 heteroatoms. The molecule has 1 saturated heterocycles. The molecular formula is C25H26F2O3. The highest BCUT2D eigenvalue weighted by Gasteiger charge is 2.24. The van der Waals surface area contributed by atoms with Gasteiger partial charge in [0.15, 0.2) is 22.7 Å². The number of hydrogen-bond acceptors (Lipinski definition) is 3. The number of hydrogen-bond donors (Lipinski definition) is 0. The Kier molecular flexibility index (Phi) is 5.23. The van der Waals surface area contributed by atoms with Gasteiger partial charge in [-0.3, -0.25) is 0 Å². The lowest BCUT2D eigenvalue weighted by atomic mass is 9.84. The topological polar surface area (TPSA) is 31.6 Å². The molecular weight excluding hydrogens is 386 g/mol. The minimum atomic E-state index is -0.587. The lowest BCUT2D eigenvalue weighted by molar-refractivity contribution is 0.138. The quantitative estimate of drug-likeness (QED) is 0.451. The SMILES string of the molecule is CCCC1CC=C(c2ccc3c(oc4c(F)c(OC5CCOC5)ccc43)c2F)CC1. The van der Waals surface area contributed by atoms with Gasteiger partial charge < -0.3 is 13.9 Å². The van der Waals surface area contributed by atoms with Crippen LogP contribution in [-0.4, -0.2) is 19.3 Å². The van der Waals surface area contributed by atoms with Gasteiger partial charge in [-0.1, -0.05) is 31.9 Å². The highest BCUT2D eigenvalue weighted by molar-refractivity contribution is 6.06. The Labute approximate surface area is 174 Å². The Morgan fingerprint density at radius 1 is 1.03 bits per heavy atom. The molecule has 158 valence electrons. The molecule has 2 unspecified atom stereocenters. The predicted octanol–water partition coefficient (Wildman–Crippen LogP) is 7.02. The second-order valence-corrected chi connectivity index (χ2v) is 8.42. The Hall–Kier alpha value is -2.40. The molecule has 2 heterocycles. The summed E-state index contributed by atoms with van der Waals surface area (Å²) in [4.78, 5) is 0. The molecule has 2 aromatic carbocycles. The van der Waals surface area contributed by atoms with Crippen molar-refractivity contribution in [3.63, 3.8) is 0 Å². The van der Waals surface area contributed by atoms with Crippen LogP contribution in [-0.2, 0) is 4.74 Å². The molecule has 30 heavy (non-hydrogen) atoms. The van der Waals surface area contributed by atoms with Crippen molar-refractivity contribution in [2.24, 2.45) is 5.92 Å². The van der Waals surface area contributed by atoms with Crippen LogP contribution in [0.25, 0.3) is 27.5 Å². The fourth-order valence-electron chi connectivity index (χ4n) is 4.75. The summed E-state index contributed by atoms with van der Waals surface area (Å²) in [6.45, 7) is 3.26. The maximum absolute atomic E-state index is 15.4. The van der Waals surface area contributed by atoms with Gasteiger partial charge in [0.1, 0.15) is 6.10 Å². The maximum atomic E-state index is 15.4. The van der Waals surface area contributed by atoms with Gasteiger partial charge in [0.25, 0.3) is 0 Å². The Bertz CT molecular complexity index is 1110. The van der Waals surface area contributed by atoms with Gasteiger partial charge in [-0.05, 0) is 49.0 Å². The van der Waals surface area contributed by atoms with E-state index in [9.17, 15) is 0 Å². The van der Waals surface area contributed by atoms with Crippen molar-refractivity contribution in [1.29, 1.82) is 0 Å². The molecule has 0 radical (unpaired) electrons. The summed E-state index contributed by atoms with van der Waals surface area (Å²) < 4.78 is 47.2. The number of benzene rings is 2. The Balaban J connectivity index is 1.52. The number of allylic oxidation sites excluding steroid dienone is 2. The third-order valence-electron chi connectivity index (χ3n) is 6.40. The Morgan fingerprint density at radius 2 is 1.83 bits per heavy atom. The van der Waals surface area contributed by atoms with Crippen LogP contribution in [0, 0.1) is 17.6 Å². The minimum absolute atomic E-state index is 0.0399. The van der Waals surface area contributed by atoms with Gasteiger partial charge in [0, 0.05) is 22.8 Å². The van der Waals surface area contributed by atoms with Crippen LogP contribution < -0.4 is 4.74 Å². The maximum Gasteiger partial charge on any atom is 0.208 e. The molecule has 2 aliphatic rings. The average Bonchev–Trinajstić information content (AvgIpc) is 3.40. The summed E-state index contributed by atoms with van der Waals surface area (Å²) in [5.41, 5.74) is 1.74. The highest BCUT2D eigenvalue weighted by atomic mass is 19.1. The second-order valence-electron chi connectivity index (χ2n) is 8.42. The fourth-order valence-corrected chi connectivity index (χ4v) is 4.75. The van der Waals surface area contributed by atoms with Crippen LogP contribution in [0.15, 0.2) is 34.8 Å². The normalized spacial score (nSPS) is 22.0. The summed E-state index contributed by atoms with van der Waals surface area (Å²) in [6.07, 6.45) is 8.04. The van der Waals surface area contributed by atoms with Gasteiger partial charge in [0.2, 0.25) is 5.82 Å². The van der Waals surface area contributed by atoms with Gasteiger partial charge >= 0.3 is 0 Å². The molecule has 3 nitrogen and oxygen atoms in total. The van der Waals surface area contributed by atoms with Crippen LogP contribution in [0.2, 0.25) is 0 Å². The molecule has 1 aliphatic carbocycles. The lowest BCUT2D eigenvalue weighted by Gasteiger charge is -2.21. The highest BCUT2D eigenvalue weighted by Crippen LogP contribution is 2.40. The molecule has 1 fully saturated rings. The first kappa shape index (κ1) is 19.6. The number of rotatable bonds is 5. The zero-order valence-electron chi connectivity index (χ0n) is 17.2. The van der Waals surface area contributed by atoms with Crippen LogP contribution in [0.3, 0.4) is 0 Å². The molecule has 5 rings (SSSR count). The van der Waals surface area contributed by atoms with Gasteiger partial charge in [-0.25, -0.2) is 4.39 Å². The van der Waals surface area contributed by atoms with E-state index in [1.165, 1.54) is 12.8 Å². The van der Waals surface area contributed by atoms with E-state index in [1.54, 1.807) is 18.2 Å². The summed E-state index contributed by atoms with van der Waals surface area (Å²) in [5.74, 6) is -0.185. The van der Waals surface area contributed by atoms with Crippen LogP contribution in [0.5, 0.6) is 5.75 Å². The van der Waals surface area contributed by atoms with E-state index in [-0.39, 0.29) is 23.0 Å². The Morgan fingerprint density at radius 3 is 2.53 bits per heavy atom. The van der Waals surface area contributed by atoms with Gasteiger partial charge in [0.05, 0.1) is 13.2 Å². The first-order chi connectivity index (χ1) is 14.7. The first-order valence-corrected chi connectivity index (χ1v) is 10.9. The summed E-state index contributed by atoms with van der Waals surface area (Å²) in [7, 11) is 0. The van der Waals surface area contributed by atoms with E-state index in [0.29, 0.717) is 35.5 Å². The average molecular weight is 412 g/mol. The van der Waals surface area contributed by atoms with E-state index in [0.717, 1.165) is 31.3 Å². The third-order valence-corrected chi connectivity index (χ3v) is 6.40. The predicted molar refractivity (Wildman–Crippen MR) is 114 cm³/mol. The molecule has 0 amide bonds. The van der Waals surface area contributed by atoms with Crippen molar-refractivity contribution in [2.45, 2.75) is 51.6 Å². The number of fused-ring (bicyclic) bond motifs is 3. The molecule has 0 N–H and O–H groups in total. The van der Waals surface area contributed by atoms with Gasteiger partial charge in [-0.2, -0.15) is 4.39 Å². The fraction of sp³-hybridized carbons (Fsp3) is 0.440. The lowest BCUT2D eigenvalue weighted by Crippen LogP contribution is -2.16. The zero-order chi connectivity index (χ0) is 20.7. The van der Waals surface area contributed by atoms with Crippen molar-refractivity contribution >= 4 is 27.5 Å². The van der Waals surface area contributed by atoms with Crippen LogP contribution in [0.4, 0.5) is 8.78 Å². The van der Waals surface area contributed by atoms with Crippen molar-refractivity contribution in [1.82, 2.24) is 0 Å². The monoisotopic (exact) mass is 412 g/mol. The van der Waals surface area contributed by atoms with E-state index < -0.39 is 11.6 Å². The molecule has 1 aliphatic heterocycles. The zero-order valence-corrected chi connectivity index (χ0v) is 17.2. The summed E-state index contributed by atoms with van der Waals surface area (Å²) in [5, 5.41) is 1.14. The molecule has 3 aromatic rings. The van der Waals surface area contributed by atoms with Crippen molar-refractivity contribution in [2.75, 3.05) is 13.2 Å². The molecule has 0 bridgehead atoms. The van der Waals surface area contributed by atoms with Crippen LogP contribution in [0.1, 0.15) is 51.0 Å². The smallest absolute Gasteiger partial charge is 0.208 e. The number of ether oxygens (including phenoxy) is 2. The van der Waals surface area contributed by atoms with Crippen LogP contribution >= 0.6 is 0 Å². The summed E-state index contributed by atoms with van der Waals surface area (Å²) >= 11 is 0. The van der Waals surface area contributed by atoms with Crippen molar-refractivity contribution in [3.8, 4) is 5.75 Å². The largest absolute Gasteiger partial charge is 0.485 e. The third kappa shape index (κ3) is 3.39. The van der Waals surface area contributed by atoms with E-state index in [1.807, 2.05) is 6.07 Å². The van der Waals surface area contributed by atoms with E-state index in [2.05, 4.69) is 13.0 Å². The van der Waals surface area contributed by atoms with Crippen molar-refractivity contribution in [3.05, 3.63) is 47.5 Å². The van der Waals surface area contributed by atoms with Crippen molar-refractivity contribution < 1.29 is 22.7 Å². The standard InChI is InChI=1S/C25H26F2O3/c1-2-3-15-4-6-16(7-5-15)18-8-9-19-20-10-11-21(29-17-12-13-28-14-17)23(27)25(20)30-24(19)22(18)26/h6,8-11,15,17H,2-5,7,12-14H2,1H3. The molecule has 2 atom stereocenters. The van der Waals surface area contributed by atoms with E-state index in [4.69, 9.17) is 13.9 Å². The molecule has 0 saturated carbocycles. The van der Waals surface area contributed by atoms with E-state index >= 15 is 8.78 Å². The number of furan rings is 1.